The van der Waals surface area contributed by atoms with Crippen LogP contribution in [0.4, 0.5) is 0 Å². The number of aromatic nitrogens is 1. The minimum absolute atomic E-state index is 0.174. The fraction of sp³-hybridized carbons (Fsp3) is 0.452. The SMILES string of the molecule is Cc1cnc2c(c1)C(C)(C)c1ccc(CC(C)(C)C)c3oc4c(CC(C)(C)C)ccc-2c4c13. The van der Waals surface area contributed by atoms with Gasteiger partial charge in [-0.15, -0.1) is 0 Å². The predicted molar refractivity (Wildman–Crippen MR) is 140 cm³/mol. The average Bonchev–Trinajstić information content (AvgIpc) is 3.05. The quantitative estimate of drug-likeness (QED) is 0.312. The molecule has 33 heavy (non-hydrogen) atoms. The van der Waals surface area contributed by atoms with Gasteiger partial charge < -0.3 is 4.42 Å². The van der Waals surface area contributed by atoms with Gasteiger partial charge in [0.05, 0.1) is 5.69 Å². The highest BCUT2D eigenvalue weighted by atomic mass is 16.3. The molecule has 0 N–H and O–H groups in total. The van der Waals surface area contributed by atoms with E-state index in [1.54, 1.807) is 0 Å². The van der Waals surface area contributed by atoms with E-state index in [1.807, 2.05) is 6.20 Å². The van der Waals surface area contributed by atoms with Crippen molar-refractivity contribution in [1.29, 1.82) is 0 Å². The molecule has 4 aromatic rings. The lowest BCUT2D eigenvalue weighted by Gasteiger charge is -2.28. The fourth-order valence-electron chi connectivity index (χ4n) is 5.63. The Balaban J connectivity index is 1.97. The number of nitrogens with zero attached hydrogens (tertiary/aromatic N) is 1. The van der Waals surface area contributed by atoms with E-state index in [0.29, 0.717) is 0 Å². The molecule has 0 radical (unpaired) electrons. The van der Waals surface area contributed by atoms with Crippen molar-refractivity contribution in [3.63, 3.8) is 0 Å². The zero-order chi connectivity index (χ0) is 23.9. The molecule has 0 atom stereocenters. The molecule has 0 fully saturated rings. The van der Waals surface area contributed by atoms with Crippen molar-refractivity contribution in [2.45, 2.75) is 80.6 Å². The first-order valence-electron chi connectivity index (χ1n) is 12.2. The van der Waals surface area contributed by atoms with E-state index in [9.17, 15) is 0 Å². The van der Waals surface area contributed by atoms with E-state index in [0.717, 1.165) is 29.7 Å². The predicted octanol–water partition coefficient (Wildman–Crippen LogP) is 8.77. The summed E-state index contributed by atoms with van der Waals surface area (Å²) < 4.78 is 6.87. The van der Waals surface area contributed by atoms with Crippen molar-refractivity contribution in [2.75, 3.05) is 0 Å². The van der Waals surface area contributed by atoms with E-state index in [-0.39, 0.29) is 16.2 Å². The molecule has 2 heterocycles. The topological polar surface area (TPSA) is 26.0 Å². The molecular formula is C31H37NO. The lowest BCUT2D eigenvalue weighted by Crippen LogP contribution is -2.20. The molecule has 1 aliphatic carbocycles. The van der Waals surface area contributed by atoms with Gasteiger partial charge in [-0.05, 0) is 58.4 Å². The summed E-state index contributed by atoms with van der Waals surface area (Å²) in [5.41, 5.74) is 11.0. The maximum absolute atomic E-state index is 6.87. The van der Waals surface area contributed by atoms with Crippen LogP contribution in [0.2, 0.25) is 0 Å². The second kappa shape index (κ2) is 6.95. The second-order valence-electron chi connectivity index (χ2n) is 13.1. The summed E-state index contributed by atoms with van der Waals surface area (Å²) in [5.74, 6) is 0. The summed E-state index contributed by atoms with van der Waals surface area (Å²) >= 11 is 0. The van der Waals surface area contributed by atoms with Crippen LogP contribution < -0.4 is 0 Å². The van der Waals surface area contributed by atoms with Gasteiger partial charge in [0.2, 0.25) is 0 Å². The largest absolute Gasteiger partial charge is 0.455 e. The minimum atomic E-state index is -0.174. The Hall–Kier alpha value is -2.61. The first kappa shape index (κ1) is 22.2. The third-order valence-electron chi connectivity index (χ3n) is 7.00. The van der Waals surface area contributed by atoms with Gasteiger partial charge in [-0.25, -0.2) is 0 Å². The van der Waals surface area contributed by atoms with Crippen LogP contribution in [0.25, 0.3) is 33.2 Å². The van der Waals surface area contributed by atoms with Crippen LogP contribution in [0.1, 0.15) is 83.2 Å². The molecule has 0 spiro atoms. The minimum Gasteiger partial charge on any atom is -0.455 e. The number of benzene rings is 2. The Labute approximate surface area is 198 Å². The number of furan rings is 1. The van der Waals surface area contributed by atoms with Crippen molar-refractivity contribution in [2.24, 2.45) is 10.8 Å². The first-order valence-corrected chi connectivity index (χ1v) is 12.2. The highest BCUT2D eigenvalue weighted by Crippen LogP contribution is 2.51. The molecule has 0 aliphatic heterocycles. The van der Waals surface area contributed by atoms with Crippen LogP contribution in [0.15, 0.2) is 40.9 Å². The highest BCUT2D eigenvalue weighted by molar-refractivity contribution is 6.16. The molecule has 0 saturated carbocycles. The first-order chi connectivity index (χ1) is 15.3. The van der Waals surface area contributed by atoms with Gasteiger partial charge in [-0.2, -0.15) is 0 Å². The number of hydrogen-bond donors (Lipinski definition) is 0. The van der Waals surface area contributed by atoms with Crippen LogP contribution in [-0.2, 0) is 18.3 Å². The zero-order valence-electron chi connectivity index (χ0n) is 21.7. The average molecular weight is 440 g/mol. The maximum Gasteiger partial charge on any atom is 0.139 e. The van der Waals surface area contributed by atoms with Crippen molar-refractivity contribution >= 4 is 21.9 Å². The number of rotatable bonds is 2. The molecule has 0 amide bonds. The Kier molecular flexibility index (Phi) is 4.67. The third-order valence-corrected chi connectivity index (χ3v) is 7.00. The molecular weight excluding hydrogens is 402 g/mol. The summed E-state index contributed by atoms with van der Waals surface area (Å²) in [6.45, 7) is 20.6. The Bertz CT molecular complexity index is 1400. The molecule has 0 saturated heterocycles. The molecule has 2 aromatic carbocycles. The molecule has 172 valence electrons. The summed E-state index contributed by atoms with van der Waals surface area (Å²) in [5, 5.41) is 2.54. The molecule has 5 rings (SSSR count). The van der Waals surface area contributed by atoms with Crippen LogP contribution in [0, 0.1) is 17.8 Å². The van der Waals surface area contributed by atoms with Gasteiger partial charge in [0.15, 0.2) is 0 Å². The van der Waals surface area contributed by atoms with Crippen LogP contribution in [0.3, 0.4) is 0 Å². The van der Waals surface area contributed by atoms with E-state index in [4.69, 9.17) is 9.40 Å². The van der Waals surface area contributed by atoms with Crippen LogP contribution >= 0.6 is 0 Å². The Morgan fingerprint density at radius 2 is 1.36 bits per heavy atom. The van der Waals surface area contributed by atoms with Crippen molar-refractivity contribution in [1.82, 2.24) is 4.98 Å². The van der Waals surface area contributed by atoms with Gasteiger partial charge in [0.1, 0.15) is 11.2 Å². The van der Waals surface area contributed by atoms with E-state index in [1.165, 1.54) is 44.2 Å². The van der Waals surface area contributed by atoms with E-state index < -0.39 is 0 Å². The Morgan fingerprint density at radius 1 is 0.788 bits per heavy atom. The van der Waals surface area contributed by atoms with Gasteiger partial charge in [-0.3, -0.25) is 4.98 Å². The Morgan fingerprint density at radius 3 is 1.97 bits per heavy atom. The standard InChI is InChI=1S/C31H37NO/c1-18-14-23-26(32-17-18)21-12-10-19(15-29(2,3)4)27-24(21)25-22(31(23,8)9)13-11-20(28(25)33-27)16-30(5,6)7/h10-14,17H,15-16H2,1-9H3. The smallest absolute Gasteiger partial charge is 0.139 e. The molecule has 0 unspecified atom stereocenters. The summed E-state index contributed by atoms with van der Waals surface area (Å²) in [7, 11) is 0. The monoisotopic (exact) mass is 439 g/mol. The zero-order valence-corrected chi connectivity index (χ0v) is 21.7. The van der Waals surface area contributed by atoms with Crippen molar-refractivity contribution < 1.29 is 4.42 Å². The summed E-state index contributed by atoms with van der Waals surface area (Å²) in [6, 6.07) is 11.6. The molecule has 1 aliphatic rings. The normalized spacial score (nSPS) is 15.3. The summed E-state index contributed by atoms with van der Waals surface area (Å²) in [4.78, 5) is 4.99. The lowest BCUT2D eigenvalue weighted by molar-refractivity contribution is 0.408. The third kappa shape index (κ3) is 3.59. The van der Waals surface area contributed by atoms with Crippen molar-refractivity contribution in [3.8, 4) is 11.3 Å². The second-order valence-corrected chi connectivity index (χ2v) is 13.1. The van der Waals surface area contributed by atoms with Gasteiger partial charge in [0, 0.05) is 27.9 Å². The maximum atomic E-state index is 6.87. The van der Waals surface area contributed by atoms with E-state index >= 15 is 0 Å². The number of fused-ring (bicyclic) bond motifs is 2. The molecule has 2 aromatic heterocycles. The van der Waals surface area contributed by atoms with Gasteiger partial charge >= 0.3 is 0 Å². The lowest BCUT2D eigenvalue weighted by atomic mass is 9.75. The molecule has 2 nitrogen and oxygen atoms in total. The van der Waals surface area contributed by atoms with E-state index in [2.05, 4.69) is 92.6 Å². The van der Waals surface area contributed by atoms with Gasteiger partial charge in [-0.1, -0.05) is 85.7 Å². The fourth-order valence-corrected chi connectivity index (χ4v) is 5.63. The highest BCUT2D eigenvalue weighted by Gasteiger charge is 2.36. The van der Waals surface area contributed by atoms with Gasteiger partial charge in [0.25, 0.3) is 0 Å². The van der Waals surface area contributed by atoms with Crippen LogP contribution in [-0.4, -0.2) is 4.98 Å². The number of hydrogen-bond acceptors (Lipinski definition) is 2. The van der Waals surface area contributed by atoms with Crippen LogP contribution in [0.5, 0.6) is 0 Å². The number of aryl methyl sites for hydroxylation is 1. The van der Waals surface area contributed by atoms with Crippen molar-refractivity contribution in [3.05, 3.63) is 64.3 Å². The number of pyridine rings is 1. The molecule has 0 bridgehead atoms. The molecule has 2 heteroatoms. The summed E-state index contributed by atoms with van der Waals surface area (Å²) in [6.07, 6.45) is 3.96.